The smallest absolute Gasteiger partial charge is 0.0341 e. The van der Waals surface area contributed by atoms with Crippen molar-refractivity contribution < 1.29 is 0 Å². The van der Waals surface area contributed by atoms with Crippen LogP contribution in [0.3, 0.4) is 0 Å². The molecule has 14 heavy (non-hydrogen) atoms. The van der Waals surface area contributed by atoms with Gasteiger partial charge in [-0.1, -0.05) is 12.8 Å². The Kier molecular flexibility index (Phi) is 3.92. The molecule has 3 heteroatoms. The molecule has 2 rings (SSSR count). The van der Waals surface area contributed by atoms with E-state index in [0.29, 0.717) is 11.3 Å². The molecule has 1 fully saturated rings. The highest BCUT2D eigenvalue weighted by Crippen LogP contribution is 2.38. The van der Waals surface area contributed by atoms with E-state index in [2.05, 4.69) is 26.7 Å². The van der Waals surface area contributed by atoms with Gasteiger partial charge in [-0.3, -0.25) is 0 Å². The third kappa shape index (κ3) is 2.53. The van der Waals surface area contributed by atoms with Crippen LogP contribution in [0.15, 0.2) is 15.2 Å². The number of halogens is 2. The molecule has 0 aromatic carbocycles. The predicted octanol–water partition coefficient (Wildman–Crippen LogP) is 5.17. The minimum Gasteiger partial charge on any atom is -0.151 e. The monoisotopic (exact) mass is 292 g/mol. The quantitative estimate of drug-likeness (QED) is 0.495. The maximum atomic E-state index is 6.27. The second-order valence-corrected chi connectivity index (χ2v) is 6.20. The molecule has 1 aromatic rings. The summed E-state index contributed by atoms with van der Waals surface area (Å²) in [5.74, 6) is 0.681. The lowest BCUT2D eigenvalue weighted by atomic mass is 9.94. The van der Waals surface area contributed by atoms with E-state index >= 15 is 0 Å². The van der Waals surface area contributed by atoms with Gasteiger partial charge in [-0.2, -0.15) is 11.3 Å². The van der Waals surface area contributed by atoms with Crippen molar-refractivity contribution in [2.45, 2.75) is 43.4 Å². The Labute approximate surface area is 103 Å². The van der Waals surface area contributed by atoms with Crippen LogP contribution in [0.4, 0.5) is 0 Å². The average Bonchev–Trinajstić information content (AvgIpc) is 2.45. The minimum absolute atomic E-state index is 0.384. The Morgan fingerprint density at radius 2 is 2.07 bits per heavy atom. The predicted molar refractivity (Wildman–Crippen MR) is 67.5 cm³/mol. The van der Waals surface area contributed by atoms with Crippen molar-refractivity contribution in [3.63, 3.8) is 0 Å². The van der Waals surface area contributed by atoms with Crippen LogP contribution < -0.4 is 0 Å². The summed E-state index contributed by atoms with van der Waals surface area (Å²) in [6.07, 6.45) is 6.28. The number of hydrogen-bond donors (Lipinski definition) is 0. The standard InChI is InChI=1S/C11H14BrClS/c12-11-7-14-6-10(11)8-3-1-2-4-9(13)5-8/h6-9H,1-5H2. The molecule has 0 radical (unpaired) electrons. The van der Waals surface area contributed by atoms with Crippen LogP contribution in [0.2, 0.25) is 0 Å². The fourth-order valence-electron chi connectivity index (χ4n) is 2.17. The van der Waals surface area contributed by atoms with E-state index in [-0.39, 0.29) is 0 Å². The third-order valence-corrected chi connectivity index (χ3v) is 5.09. The van der Waals surface area contributed by atoms with Crippen molar-refractivity contribution in [2.75, 3.05) is 0 Å². The molecule has 0 nitrogen and oxygen atoms in total. The van der Waals surface area contributed by atoms with Crippen molar-refractivity contribution in [3.05, 3.63) is 20.8 Å². The molecule has 1 saturated carbocycles. The minimum atomic E-state index is 0.384. The maximum Gasteiger partial charge on any atom is 0.0341 e. The summed E-state index contributed by atoms with van der Waals surface area (Å²) >= 11 is 11.7. The Hall–Kier alpha value is 0.470. The lowest BCUT2D eigenvalue weighted by Gasteiger charge is -2.15. The lowest BCUT2D eigenvalue weighted by Crippen LogP contribution is -2.03. The summed E-state index contributed by atoms with van der Waals surface area (Å²) < 4.78 is 1.28. The Balaban J connectivity index is 2.13. The van der Waals surface area contributed by atoms with Gasteiger partial charge in [0.25, 0.3) is 0 Å². The topological polar surface area (TPSA) is 0 Å². The molecule has 1 aliphatic carbocycles. The van der Waals surface area contributed by atoms with E-state index < -0.39 is 0 Å². The Morgan fingerprint density at radius 3 is 2.79 bits per heavy atom. The Bertz CT molecular complexity index is 297. The summed E-state index contributed by atoms with van der Waals surface area (Å²) in [6, 6.07) is 0. The fraction of sp³-hybridized carbons (Fsp3) is 0.636. The zero-order chi connectivity index (χ0) is 9.97. The molecule has 2 unspecified atom stereocenters. The molecule has 0 spiro atoms. The van der Waals surface area contributed by atoms with E-state index in [1.54, 1.807) is 11.3 Å². The van der Waals surface area contributed by atoms with Crippen LogP contribution in [0, 0.1) is 0 Å². The molecule has 0 N–H and O–H groups in total. The zero-order valence-corrected chi connectivity index (χ0v) is 11.2. The lowest BCUT2D eigenvalue weighted by molar-refractivity contribution is 0.595. The molecule has 0 aliphatic heterocycles. The van der Waals surface area contributed by atoms with E-state index in [9.17, 15) is 0 Å². The van der Waals surface area contributed by atoms with Gasteiger partial charge in [0.1, 0.15) is 0 Å². The largest absolute Gasteiger partial charge is 0.151 e. The summed E-state index contributed by atoms with van der Waals surface area (Å²) in [5, 5.41) is 4.82. The summed E-state index contributed by atoms with van der Waals surface area (Å²) in [6.45, 7) is 0. The fourth-order valence-corrected chi connectivity index (χ4v) is 4.24. The number of thiophene rings is 1. The molecule has 2 atom stereocenters. The highest BCUT2D eigenvalue weighted by Gasteiger charge is 2.21. The van der Waals surface area contributed by atoms with E-state index in [1.807, 2.05) is 0 Å². The molecular formula is C11H14BrClS. The normalized spacial score (nSPS) is 28.7. The first-order valence-corrected chi connectivity index (χ1v) is 7.30. The molecular weight excluding hydrogens is 280 g/mol. The zero-order valence-electron chi connectivity index (χ0n) is 8.01. The van der Waals surface area contributed by atoms with Crippen molar-refractivity contribution >= 4 is 38.9 Å². The van der Waals surface area contributed by atoms with Gasteiger partial charge in [-0.05, 0) is 52.1 Å². The van der Waals surface area contributed by atoms with Crippen molar-refractivity contribution in [1.29, 1.82) is 0 Å². The third-order valence-electron chi connectivity index (χ3n) is 2.94. The van der Waals surface area contributed by atoms with Crippen molar-refractivity contribution in [1.82, 2.24) is 0 Å². The summed E-state index contributed by atoms with van der Waals surface area (Å²) in [5.41, 5.74) is 1.47. The molecule has 0 amide bonds. The van der Waals surface area contributed by atoms with E-state index in [0.717, 1.165) is 6.42 Å². The second kappa shape index (κ2) is 5.00. The highest BCUT2D eigenvalue weighted by atomic mass is 79.9. The van der Waals surface area contributed by atoms with Crippen molar-refractivity contribution in [3.8, 4) is 0 Å². The van der Waals surface area contributed by atoms with Crippen LogP contribution in [-0.2, 0) is 0 Å². The van der Waals surface area contributed by atoms with Gasteiger partial charge in [-0.15, -0.1) is 11.6 Å². The highest BCUT2D eigenvalue weighted by molar-refractivity contribution is 9.10. The van der Waals surface area contributed by atoms with E-state index in [1.165, 1.54) is 35.7 Å². The van der Waals surface area contributed by atoms with E-state index in [4.69, 9.17) is 11.6 Å². The molecule has 0 saturated heterocycles. The maximum absolute atomic E-state index is 6.27. The molecule has 1 aliphatic rings. The van der Waals surface area contributed by atoms with Crippen LogP contribution in [0.1, 0.15) is 43.6 Å². The second-order valence-electron chi connectivity index (χ2n) is 3.99. The number of hydrogen-bond acceptors (Lipinski definition) is 1. The van der Waals surface area contributed by atoms with Crippen LogP contribution in [0.25, 0.3) is 0 Å². The first kappa shape index (κ1) is 11.0. The molecule has 78 valence electrons. The van der Waals surface area contributed by atoms with Gasteiger partial charge in [0.05, 0.1) is 0 Å². The van der Waals surface area contributed by atoms with Gasteiger partial charge in [-0.25, -0.2) is 0 Å². The first-order valence-electron chi connectivity index (χ1n) is 5.13. The van der Waals surface area contributed by atoms with Gasteiger partial charge < -0.3 is 0 Å². The van der Waals surface area contributed by atoms with Gasteiger partial charge in [0, 0.05) is 15.2 Å². The molecule has 0 bridgehead atoms. The SMILES string of the molecule is ClC1CCCCC(c2cscc2Br)C1. The number of rotatable bonds is 1. The van der Waals surface area contributed by atoms with Crippen LogP contribution in [0.5, 0.6) is 0 Å². The van der Waals surface area contributed by atoms with Gasteiger partial charge in [0.15, 0.2) is 0 Å². The summed E-state index contributed by atoms with van der Waals surface area (Å²) in [7, 11) is 0. The average molecular weight is 294 g/mol. The molecule has 1 heterocycles. The van der Waals surface area contributed by atoms with Crippen LogP contribution in [-0.4, -0.2) is 5.38 Å². The van der Waals surface area contributed by atoms with Gasteiger partial charge >= 0.3 is 0 Å². The van der Waals surface area contributed by atoms with Crippen LogP contribution >= 0.6 is 38.9 Å². The number of alkyl halides is 1. The van der Waals surface area contributed by atoms with Crippen molar-refractivity contribution in [2.24, 2.45) is 0 Å². The van der Waals surface area contributed by atoms with Gasteiger partial charge in [0.2, 0.25) is 0 Å². The summed E-state index contributed by atoms with van der Waals surface area (Å²) in [4.78, 5) is 0. The Morgan fingerprint density at radius 1 is 1.29 bits per heavy atom. The molecule has 1 aromatic heterocycles. The first-order chi connectivity index (χ1) is 6.77.